The van der Waals surface area contributed by atoms with Crippen LogP contribution in [0.15, 0.2) is 77.9 Å². The summed E-state index contributed by atoms with van der Waals surface area (Å²) in [4.78, 5) is 12.3. The van der Waals surface area contributed by atoms with Crippen molar-refractivity contribution in [1.82, 2.24) is 5.43 Å². The molecule has 0 aliphatic rings. The lowest BCUT2D eigenvalue weighted by molar-refractivity contribution is -0.274. The summed E-state index contributed by atoms with van der Waals surface area (Å²) in [7, 11) is 0. The molecule has 0 saturated carbocycles. The lowest BCUT2D eigenvalue weighted by atomic mass is 10.0. The maximum absolute atomic E-state index is 14.0. The number of nitrogens with zero attached hydrogens (tertiary/aromatic N) is 1. The number of ether oxygens (including phenoxy) is 2. The first-order valence-electron chi connectivity index (χ1n) is 10.6. The van der Waals surface area contributed by atoms with Gasteiger partial charge < -0.3 is 14.6 Å². The molecule has 4 aromatic carbocycles. The Morgan fingerprint density at radius 1 is 1.03 bits per heavy atom. The van der Waals surface area contributed by atoms with E-state index in [0.29, 0.717) is 16.9 Å². The summed E-state index contributed by atoms with van der Waals surface area (Å²) in [5, 5.41) is 14.6. The van der Waals surface area contributed by atoms with Crippen LogP contribution in [-0.2, 0) is 6.61 Å². The van der Waals surface area contributed by atoms with E-state index >= 15 is 0 Å². The Balaban J connectivity index is 1.47. The van der Waals surface area contributed by atoms with Gasteiger partial charge in [0.2, 0.25) is 0 Å². The van der Waals surface area contributed by atoms with Gasteiger partial charge in [-0.2, -0.15) is 5.10 Å². The van der Waals surface area contributed by atoms with Gasteiger partial charge in [0.1, 0.15) is 29.7 Å². The second-order valence-electron chi connectivity index (χ2n) is 7.66. The number of hydrogen-bond donors (Lipinski definition) is 2. The van der Waals surface area contributed by atoms with Crippen molar-refractivity contribution in [2.75, 3.05) is 0 Å². The van der Waals surface area contributed by atoms with Crippen molar-refractivity contribution in [3.8, 4) is 17.2 Å². The van der Waals surface area contributed by atoms with E-state index in [-0.39, 0.29) is 22.9 Å². The Kier molecular flexibility index (Phi) is 7.49. The fourth-order valence-corrected chi connectivity index (χ4v) is 3.58. The molecule has 0 radical (unpaired) electrons. The van der Waals surface area contributed by atoms with Crippen LogP contribution < -0.4 is 14.9 Å². The molecule has 0 fully saturated rings. The quantitative estimate of drug-likeness (QED) is 0.160. The number of amides is 1. The van der Waals surface area contributed by atoms with E-state index in [1.807, 2.05) is 12.1 Å². The highest BCUT2D eigenvalue weighted by molar-refractivity contribution is 6.32. The highest BCUT2D eigenvalue weighted by Gasteiger charge is 2.30. The zero-order valence-electron chi connectivity index (χ0n) is 18.7. The van der Waals surface area contributed by atoms with Gasteiger partial charge in [-0.05, 0) is 41.3 Å². The van der Waals surface area contributed by atoms with E-state index < -0.39 is 23.8 Å². The van der Waals surface area contributed by atoms with Gasteiger partial charge >= 0.3 is 6.36 Å². The standard InChI is InChI=1S/C26H17ClF4N2O4/c27-21-11-20(22(28)12-23(21)34)25(35)33-32-13-16-7-10-24(19-4-2-1-3-18(16)19)36-14-15-5-8-17(9-6-15)37-26(29,30)31/h1-13,34H,14H2,(H,33,35)/b32-13+. The lowest BCUT2D eigenvalue weighted by Crippen LogP contribution is -2.19. The van der Waals surface area contributed by atoms with Gasteiger partial charge in [-0.3, -0.25) is 4.79 Å². The molecule has 0 saturated heterocycles. The van der Waals surface area contributed by atoms with Crippen LogP contribution in [0.2, 0.25) is 5.02 Å². The maximum atomic E-state index is 14.0. The summed E-state index contributed by atoms with van der Waals surface area (Å²) >= 11 is 5.74. The van der Waals surface area contributed by atoms with Gasteiger partial charge in [0.05, 0.1) is 16.8 Å². The van der Waals surface area contributed by atoms with E-state index in [0.717, 1.165) is 22.9 Å². The van der Waals surface area contributed by atoms with Crippen LogP contribution in [0.3, 0.4) is 0 Å². The molecule has 0 heterocycles. The number of nitrogens with one attached hydrogen (secondary N) is 1. The number of alkyl halides is 3. The monoisotopic (exact) mass is 532 g/mol. The number of carbonyl (C=O) groups excluding carboxylic acids is 1. The summed E-state index contributed by atoms with van der Waals surface area (Å²) in [6.07, 6.45) is -3.39. The van der Waals surface area contributed by atoms with Crippen LogP contribution >= 0.6 is 11.6 Å². The molecule has 0 aliphatic heterocycles. The zero-order chi connectivity index (χ0) is 26.6. The number of hydrogen-bond acceptors (Lipinski definition) is 5. The van der Waals surface area contributed by atoms with E-state index in [9.17, 15) is 27.5 Å². The molecule has 2 N–H and O–H groups in total. The first kappa shape index (κ1) is 25.8. The first-order chi connectivity index (χ1) is 17.6. The van der Waals surface area contributed by atoms with Crippen LogP contribution in [0, 0.1) is 5.82 Å². The molecular formula is C26H17ClF4N2O4. The number of phenols is 1. The molecule has 37 heavy (non-hydrogen) atoms. The van der Waals surface area contributed by atoms with E-state index in [1.165, 1.54) is 30.5 Å². The molecule has 0 aromatic heterocycles. The molecule has 0 spiro atoms. The second kappa shape index (κ2) is 10.8. The average Bonchev–Trinajstić information content (AvgIpc) is 2.85. The van der Waals surface area contributed by atoms with Gasteiger partial charge in [-0.1, -0.05) is 48.0 Å². The first-order valence-corrected chi connectivity index (χ1v) is 11.0. The molecule has 190 valence electrons. The van der Waals surface area contributed by atoms with Crippen molar-refractivity contribution in [3.05, 3.63) is 100 Å². The third-order valence-corrected chi connectivity index (χ3v) is 5.42. The van der Waals surface area contributed by atoms with Gasteiger partial charge in [-0.25, -0.2) is 9.82 Å². The minimum atomic E-state index is -4.76. The minimum absolute atomic E-state index is 0.0978. The van der Waals surface area contributed by atoms with Crippen molar-refractivity contribution in [1.29, 1.82) is 0 Å². The summed E-state index contributed by atoms with van der Waals surface area (Å²) in [6.45, 7) is 0.0978. The molecular weight excluding hydrogens is 516 g/mol. The van der Waals surface area contributed by atoms with E-state index in [4.69, 9.17) is 16.3 Å². The van der Waals surface area contributed by atoms with Gasteiger partial charge in [-0.15, -0.1) is 13.2 Å². The normalized spacial score (nSPS) is 11.6. The molecule has 0 bridgehead atoms. The smallest absolute Gasteiger partial charge is 0.506 e. The van der Waals surface area contributed by atoms with E-state index in [1.54, 1.807) is 24.3 Å². The Bertz CT molecular complexity index is 1470. The molecule has 0 atom stereocenters. The van der Waals surface area contributed by atoms with Crippen LogP contribution in [0.25, 0.3) is 10.8 Å². The number of rotatable bonds is 7. The molecule has 1 amide bonds. The van der Waals surface area contributed by atoms with Crippen molar-refractivity contribution in [3.63, 3.8) is 0 Å². The number of fused-ring (bicyclic) bond motifs is 1. The Morgan fingerprint density at radius 3 is 2.43 bits per heavy atom. The number of aromatic hydroxyl groups is 1. The highest BCUT2D eigenvalue weighted by atomic mass is 35.5. The molecule has 6 nitrogen and oxygen atoms in total. The Labute approximate surface area is 212 Å². The predicted molar refractivity (Wildman–Crippen MR) is 130 cm³/mol. The number of carbonyl (C=O) groups is 1. The average molecular weight is 533 g/mol. The topological polar surface area (TPSA) is 80.2 Å². The van der Waals surface area contributed by atoms with E-state index in [2.05, 4.69) is 15.3 Å². The number of hydrazone groups is 1. The molecule has 0 unspecified atom stereocenters. The summed E-state index contributed by atoms with van der Waals surface area (Å²) < 4.78 is 60.7. The second-order valence-corrected chi connectivity index (χ2v) is 8.07. The van der Waals surface area contributed by atoms with Gasteiger partial charge in [0, 0.05) is 17.0 Å². The summed E-state index contributed by atoms with van der Waals surface area (Å²) in [6, 6.07) is 17.7. The predicted octanol–water partition coefficient (Wildman–Crippen LogP) is 6.58. The van der Waals surface area contributed by atoms with Crippen molar-refractivity contribution >= 4 is 34.5 Å². The number of halogens is 5. The van der Waals surface area contributed by atoms with Crippen molar-refractivity contribution in [2.45, 2.75) is 13.0 Å². The van der Waals surface area contributed by atoms with Gasteiger partial charge in [0.25, 0.3) is 5.91 Å². The van der Waals surface area contributed by atoms with Crippen molar-refractivity contribution in [2.24, 2.45) is 5.10 Å². The van der Waals surface area contributed by atoms with Crippen LogP contribution in [-0.4, -0.2) is 23.6 Å². The highest BCUT2D eigenvalue weighted by Crippen LogP contribution is 2.29. The molecule has 4 aromatic rings. The Hall–Kier alpha value is -4.31. The fraction of sp³-hybridized carbons (Fsp3) is 0.0769. The third-order valence-electron chi connectivity index (χ3n) is 5.12. The van der Waals surface area contributed by atoms with Crippen LogP contribution in [0.4, 0.5) is 17.6 Å². The summed E-state index contributed by atoms with van der Waals surface area (Å²) in [5.74, 6) is -2.10. The van der Waals surface area contributed by atoms with Gasteiger partial charge in [0.15, 0.2) is 0 Å². The minimum Gasteiger partial charge on any atom is -0.506 e. The van der Waals surface area contributed by atoms with Crippen molar-refractivity contribution < 1.29 is 36.9 Å². The molecule has 4 rings (SSSR count). The number of benzene rings is 4. The summed E-state index contributed by atoms with van der Waals surface area (Å²) in [5.41, 5.74) is 3.09. The number of phenolic OH excluding ortho intramolecular Hbond substituents is 1. The fourth-order valence-electron chi connectivity index (χ4n) is 3.41. The largest absolute Gasteiger partial charge is 0.573 e. The van der Waals surface area contributed by atoms with Crippen LogP contribution in [0.1, 0.15) is 21.5 Å². The Morgan fingerprint density at radius 2 is 1.73 bits per heavy atom. The lowest BCUT2D eigenvalue weighted by Gasteiger charge is -2.12. The third kappa shape index (κ3) is 6.47. The zero-order valence-corrected chi connectivity index (χ0v) is 19.5. The molecule has 0 aliphatic carbocycles. The molecule has 11 heteroatoms. The van der Waals surface area contributed by atoms with Crippen LogP contribution in [0.5, 0.6) is 17.2 Å². The SMILES string of the molecule is O=C(N/N=C/c1ccc(OCc2ccc(OC(F)(F)F)cc2)c2ccccc12)c1cc(Cl)c(O)cc1F. The maximum Gasteiger partial charge on any atom is 0.573 e.